The molecular weight excluding hydrogens is 292 g/mol. The summed E-state index contributed by atoms with van der Waals surface area (Å²) in [5.74, 6) is -0.119. The maximum atomic E-state index is 12.2. The second-order valence-electron chi connectivity index (χ2n) is 5.39. The highest BCUT2D eigenvalue weighted by Gasteiger charge is 2.16. The minimum Gasteiger partial charge on any atom is -0.451 e. The van der Waals surface area contributed by atoms with Crippen LogP contribution in [0.4, 0.5) is 0 Å². The van der Waals surface area contributed by atoms with Crippen molar-refractivity contribution in [3.8, 4) is 0 Å². The number of esters is 1. The average Bonchev–Trinajstić information content (AvgIpc) is 2.54. The summed E-state index contributed by atoms with van der Waals surface area (Å²) in [6.07, 6.45) is -0.652. The summed E-state index contributed by atoms with van der Waals surface area (Å²) in [6.45, 7) is 3.59. The van der Waals surface area contributed by atoms with E-state index in [0.29, 0.717) is 22.3 Å². The molecule has 0 aliphatic rings. The fourth-order valence-electron chi connectivity index (χ4n) is 2.35. The summed E-state index contributed by atoms with van der Waals surface area (Å²) < 4.78 is 5.41. The van der Waals surface area contributed by atoms with Crippen LogP contribution in [-0.2, 0) is 4.74 Å². The summed E-state index contributed by atoms with van der Waals surface area (Å²) in [4.78, 5) is 31.3. The Balaban J connectivity index is 1.87. The van der Waals surface area contributed by atoms with Crippen molar-refractivity contribution >= 4 is 16.9 Å². The van der Waals surface area contributed by atoms with Gasteiger partial charge in [0.2, 0.25) is 0 Å². The van der Waals surface area contributed by atoms with Crippen LogP contribution in [0.3, 0.4) is 0 Å². The van der Waals surface area contributed by atoms with Crippen LogP contribution in [0.5, 0.6) is 0 Å². The Kier molecular flexibility index (Phi) is 3.93. The van der Waals surface area contributed by atoms with E-state index >= 15 is 0 Å². The molecule has 0 spiro atoms. The van der Waals surface area contributed by atoms with Gasteiger partial charge in [0, 0.05) is 0 Å². The first-order valence-electron chi connectivity index (χ1n) is 7.31. The molecule has 0 unspecified atom stereocenters. The van der Waals surface area contributed by atoms with Gasteiger partial charge in [-0.1, -0.05) is 29.8 Å². The summed E-state index contributed by atoms with van der Waals surface area (Å²) in [5, 5.41) is 0.508. The van der Waals surface area contributed by atoms with Crippen LogP contribution in [0.1, 0.15) is 34.8 Å². The number of para-hydroxylation sites is 1. The number of rotatable bonds is 3. The van der Waals surface area contributed by atoms with Crippen molar-refractivity contribution in [1.82, 2.24) is 9.97 Å². The quantitative estimate of drug-likeness (QED) is 0.754. The van der Waals surface area contributed by atoms with E-state index in [1.165, 1.54) is 0 Å². The third-order valence-corrected chi connectivity index (χ3v) is 3.55. The first-order valence-corrected chi connectivity index (χ1v) is 7.31. The number of ether oxygens (including phenoxy) is 1. The highest BCUT2D eigenvalue weighted by molar-refractivity contribution is 5.89. The van der Waals surface area contributed by atoms with Crippen LogP contribution in [0, 0.1) is 6.92 Å². The molecule has 1 aromatic heterocycles. The Hall–Kier alpha value is -2.95. The Labute approximate surface area is 133 Å². The number of aromatic nitrogens is 2. The number of carbonyl (C=O) groups excluding carboxylic acids is 1. The molecule has 23 heavy (non-hydrogen) atoms. The van der Waals surface area contributed by atoms with Gasteiger partial charge in [-0.25, -0.2) is 9.78 Å². The fraction of sp³-hybridized carbons (Fsp3) is 0.167. The largest absolute Gasteiger partial charge is 0.451 e. The molecular formula is C18H16N2O3. The molecule has 0 aliphatic heterocycles. The molecule has 5 heteroatoms. The van der Waals surface area contributed by atoms with Crippen molar-refractivity contribution in [3.05, 3.63) is 75.8 Å². The SMILES string of the molecule is Cc1cccc(C(=O)O[C@H](C)c2nc3ccccc3c(=O)[nH]2)c1. The number of aromatic amines is 1. The van der Waals surface area contributed by atoms with E-state index in [2.05, 4.69) is 9.97 Å². The van der Waals surface area contributed by atoms with Gasteiger partial charge >= 0.3 is 5.97 Å². The van der Waals surface area contributed by atoms with Crippen molar-refractivity contribution in [2.45, 2.75) is 20.0 Å². The summed E-state index contributed by atoms with van der Waals surface area (Å²) in [7, 11) is 0. The molecule has 0 bridgehead atoms. The number of aryl methyl sites for hydroxylation is 1. The number of hydrogen-bond donors (Lipinski definition) is 1. The summed E-state index contributed by atoms with van der Waals surface area (Å²) in [6, 6.07) is 14.2. The van der Waals surface area contributed by atoms with E-state index in [1.54, 1.807) is 43.3 Å². The van der Waals surface area contributed by atoms with Crippen molar-refractivity contribution in [3.63, 3.8) is 0 Å². The fourth-order valence-corrected chi connectivity index (χ4v) is 2.35. The van der Waals surface area contributed by atoms with Gasteiger partial charge in [0.25, 0.3) is 5.56 Å². The standard InChI is InChI=1S/C18H16N2O3/c1-11-6-5-7-13(10-11)18(22)23-12(2)16-19-15-9-4-3-8-14(15)17(21)20-16/h3-10,12H,1-2H3,(H,19,20,21)/t12-/m1/s1. The molecule has 1 heterocycles. The molecule has 0 aliphatic carbocycles. The summed E-state index contributed by atoms with van der Waals surface area (Å²) >= 11 is 0. The zero-order valence-corrected chi connectivity index (χ0v) is 12.9. The number of nitrogens with one attached hydrogen (secondary N) is 1. The number of carbonyl (C=O) groups is 1. The smallest absolute Gasteiger partial charge is 0.338 e. The van der Waals surface area contributed by atoms with Crippen molar-refractivity contribution in [1.29, 1.82) is 0 Å². The monoisotopic (exact) mass is 308 g/mol. The minimum atomic E-state index is -0.652. The van der Waals surface area contributed by atoms with E-state index in [1.807, 2.05) is 19.1 Å². The Morgan fingerprint density at radius 3 is 2.74 bits per heavy atom. The lowest BCUT2D eigenvalue weighted by Crippen LogP contribution is -2.17. The predicted octanol–water partition coefficient (Wildman–Crippen LogP) is 3.15. The zero-order valence-electron chi connectivity index (χ0n) is 12.9. The number of fused-ring (bicyclic) bond motifs is 1. The van der Waals surface area contributed by atoms with Gasteiger partial charge in [-0.05, 0) is 38.1 Å². The molecule has 0 fully saturated rings. The maximum Gasteiger partial charge on any atom is 0.338 e. The molecule has 1 N–H and O–H groups in total. The predicted molar refractivity (Wildman–Crippen MR) is 87.4 cm³/mol. The highest BCUT2D eigenvalue weighted by atomic mass is 16.5. The Morgan fingerprint density at radius 1 is 1.17 bits per heavy atom. The highest BCUT2D eigenvalue weighted by Crippen LogP contribution is 2.16. The van der Waals surface area contributed by atoms with E-state index in [4.69, 9.17) is 4.74 Å². The number of hydrogen-bond acceptors (Lipinski definition) is 4. The molecule has 0 saturated heterocycles. The second-order valence-corrected chi connectivity index (χ2v) is 5.39. The molecule has 3 rings (SSSR count). The van der Waals surface area contributed by atoms with Crippen LogP contribution < -0.4 is 5.56 Å². The van der Waals surface area contributed by atoms with Gasteiger partial charge in [-0.2, -0.15) is 0 Å². The molecule has 5 nitrogen and oxygen atoms in total. The second kappa shape index (κ2) is 6.04. The zero-order chi connectivity index (χ0) is 16.4. The van der Waals surface area contributed by atoms with Gasteiger partial charge in [0.1, 0.15) is 0 Å². The molecule has 0 amide bonds. The van der Waals surface area contributed by atoms with Crippen LogP contribution in [0.15, 0.2) is 53.3 Å². The lowest BCUT2D eigenvalue weighted by Gasteiger charge is -2.13. The third-order valence-electron chi connectivity index (χ3n) is 3.55. The van der Waals surface area contributed by atoms with Crippen LogP contribution >= 0.6 is 0 Å². The molecule has 0 radical (unpaired) electrons. The van der Waals surface area contributed by atoms with Gasteiger partial charge in [0.15, 0.2) is 11.9 Å². The first-order chi connectivity index (χ1) is 11.0. The lowest BCUT2D eigenvalue weighted by atomic mass is 10.1. The number of nitrogens with zero attached hydrogens (tertiary/aromatic N) is 1. The van der Waals surface area contributed by atoms with Gasteiger partial charge in [-0.3, -0.25) is 4.79 Å². The van der Waals surface area contributed by atoms with Gasteiger partial charge in [-0.15, -0.1) is 0 Å². The van der Waals surface area contributed by atoms with E-state index in [9.17, 15) is 9.59 Å². The number of benzene rings is 2. The third kappa shape index (κ3) is 3.13. The Morgan fingerprint density at radius 2 is 1.96 bits per heavy atom. The molecule has 1 atom stereocenters. The van der Waals surface area contributed by atoms with E-state index < -0.39 is 12.1 Å². The molecule has 2 aromatic carbocycles. The van der Waals surface area contributed by atoms with Crippen molar-refractivity contribution < 1.29 is 9.53 Å². The summed E-state index contributed by atoms with van der Waals surface area (Å²) in [5.41, 5.74) is 1.78. The average molecular weight is 308 g/mol. The van der Waals surface area contributed by atoms with Crippen LogP contribution in [0.2, 0.25) is 0 Å². The number of H-pyrrole nitrogens is 1. The van der Waals surface area contributed by atoms with Crippen molar-refractivity contribution in [2.24, 2.45) is 0 Å². The normalized spacial score (nSPS) is 12.1. The van der Waals surface area contributed by atoms with Crippen LogP contribution in [-0.4, -0.2) is 15.9 Å². The van der Waals surface area contributed by atoms with Crippen molar-refractivity contribution in [2.75, 3.05) is 0 Å². The first kappa shape index (κ1) is 15.0. The Bertz CT molecular complexity index is 931. The van der Waals surface area contributed by atoms with Gasteiger partial charge < -0.3 is 9.72 Å². The van der Waals surface area contributed by atoms with Crippen LogP contribution in [0.25, 0.3) is 10.9 Å². The topological polar surface area (TPSA) is 72.0 Å². The maximum absolute atomic E-state index is 12.2. The minimum absolute atomic E-state index is 0.246. The van der Waals surface area contributed by atoms with Gasteiger partial charge in [0.05, 0.1) is 16.5 Å². The molecule has 116 valence electrons. The lowest BCUT2D eigenvalue weighted by molar-refractivity contribution is 0.0320. The van der Waals surface area contributed by atoms with E-state index in [0.717, 1.165) is 5.56 Å². The molecule has 3 aromatic rings. The molecule has 0 saturated carbocycles. The van der Waals surface area contributed by atoms with E-state index in [-0.39, 0.29) is 5.56 Å².